The van der Waals surface area contributed by atoms with E-state index in [0.29, 0.717) is 23.1 Å². The van der Waals surface area contributed by atoms with Crippen molar-refractivity contribution in [2.75, 3.05) is 29.1 Å². The van der Waals surface area contributed by atoms with Crippen LogP contribution >= 0.6 is 12.4 Å². The third kappa shape index (κ3) is 4.68. The van der Waals surface area contributed by atoms with Gasteiger partial charge in [0.15, 0.2) is 0 Å². The lowest BCUT2D eigenvalue weighted by atomic mass is 10.1. The molecule has 3 rings (SSSR count). The van der Waals surface area contributed by atoms with Crippen LogP contribution in [0.15, 0.2) is 37.1 Å². The predicted molar refractivity (Wildman–Crippen MR) is 108 cm³/mol. The highest BCUT2D eigenvalue weighted by molar-refractivity contribution is 6.08. The van der Waals surface area contributed by atoms with Crippen LogP contribution in [0.25, 0.3) is 0 Å². The fraction of sp³-hybridized carbons (Fsp3) is 0.222. The molecule has 1 fully saturated rings. The van der Waals surface area contributed by atoms with Crippen molar-refractivity contribution in [1.82, 2.24) is 15.3 Å². The Bertz CT molecular complexity index is 1030. The van der Waals surface area contributed by atoms with E-state index in [1.807, 2.05) is 0 Å². The zero-order valence-corrected chi connectivity index (χ0v) is 16.8. The number of carbonyl (C=O) groups is 2. The lowest BCUT2D eigenvalue weighted by Gasteiger charge is -2.20. The second kappa shape index (κ2) is 8.76. The van der Waals surface area contributed by atoms with Gasteiger partial charge in [0.25, 0.3) is 5.91 Å². The molecule has 2 aromatic rings. The minimum absolute atomic E-state index is 0. The number of aromatic nitrogens is 2. The summed E-state index contributed by atoms with van der Waals surface area (Å²) >= 11 is 0. The molecule has 0 aliphatic carbocycles. The number of hydrogen-bond donors (Lipinski definition) is 2. The Kier molecular flexibility index (Phi) is 6.74. The number of nitrogens with zero attached hydrogens (tertiary/aromatic N) is 4. The number of benzene rings is 1. The Morgan fingerprint density at radius 3 is 2.65 bits per heavy atom. The van der Waals surface area contributed by atoms with Gasteiger partial charge in [-0.25, -0.2) is 14.2 Å². The molecule has 0 saturated carbocycles. The molecule has 0 radical (unpaired) electrons. The maximum atomic E-state index is 14.1. The van der Waals surface area contributed by atoms with Crippen molar-refractivity contribution in [2.45, 2.75) is 12.2 Å². The molecule has 2 heterocycles. The minimum Gasteiger partial charge on any atom is -0.383 e. The van der Waals surface area contributed by atoms with Crippen molar-refractivity contribution in [2.24, 2.45) is 0 Å². The van der Waals surface area contributed by atoms with Crippen molar-refractivity contribution < 1.29 is 27.2 Å². The number of rotatable bonds is 4. The summed E-state index contributed by atoms with van der Waals surface area (Å²) in [5.41, 5.74) is 3.83. The van der Waals surface area contributed by atoms with E-state index in [0.717, 1.165) is 13.2 Å². The summed E-state index contributed by atoms with van der Waals surface area (Å²) in [5, 5.41) is 2.61. The predicted octanol–water partition coefficient (Wildman–Crippen LogP) is 3.00. The standard InChI is InChI=1S/C18H16F4N6O2.ClH/c1-3-10-8-28(17(30)25-10)16-24-7-11(14(23)26-16)15(29)27(2)13-6-9(18(20,21)22)4-5-12(13)19;/h3-7,10H,1,8H2,2H3,(H,25,30)(H2,23,24,26);1H. The Balaban J connectivity index is 0.00000341. The lowest BCUT2D eigenvalue weighted by Crippen LogP contribution is -2.31. The Labute approximate surface area is 180 Å². The van der Waals surface area contributed by atoms with Gasteiger partial charge in [0.2, 0.25) is 5.95 Å². The van der Waals surface area contributed by atoms with Crippen molar-refractivity contribution in [3.8, 4) is 0 Å². The molecule has 1 unspecified atom stereocenters. The molecule has 1 aliphatic rings. The topological polar surface area (TPSA) is 104 Å². The highest BCUT2D eigenvalue weighted by Crippen LogP contribution is 2.33. The Hall–Kier alpha value is -3.41. The number of halogens is 5. The van der Waals surface area contributed by atoms with Gasteiger partial charge in [-0.05, 0) is 18.2 Å². The normalized spacial score (nSPS) is 15.8. The number of hydrogen-bond acceptors (Lipinski definition) is 5. The van der Waals surface area contributed by atoms with Gasteiger partial charge in [-0.15, -0.1) is 19.0 Å². The summed E-state index contributed by atoms with van der Waals surface area (Å²) in [6.07, 6.45) is -2.16. The van der Waals surface area contributed by atoms with Gasteiger partial charge in [0.1, 0.15) is 17.2 Å². The van der Waals surface area contributed by atoms with E-state index in [4.69, 9.17) is 5.73 Å². The average Bonchev–Trinajstić information content (AvgIpc) is 3.07. The van der Waals surface area contributed by atoms with Crippen LogP contribution in [0.3, 0.4) is 0 Å². The number of amides is 3. The lowest BCUT2D eigenvalue weighted by molar-refractivity contribution is -0.137. The average molecular weight is 461 g/mol. The smallest absolute Gasteiger partial charge is 0.383 e. The first kappa shape index (κ1) is 23.9. The Morgan fingerprint density at radius 2 is 2.10 bits per heavy atom. The van der Waals surface area contributed by atoms with Gasteiger partial charge in [0.05, 0.1) is 23.8 Å². The van der Waals surface area contributed by atoms with Gasteiger partial charge in [-0.3, -0.25) is 9.69 Å². The van der Waals surface area contributed by atoms with E-state index in [-0.39, 0.29) is 42.3 Å². The first-order valence-corrected chi connectivity index (χ1v) is 8.50. The molecule has 0 bridgehead atoms. The van der Waals surface area contributed by atoms with Crippen LogP contribution in [-0.4, -0.2) is 41.5 Å². The summed E-state index contributed by atoms with van der Waals surface area (Å²) in [5.74, 6) is -2.34. The molecule has 166 valence electrons. The number of nitrogen functional groups attached to an aromatic ring is 1. The van der Waals surface area contributed by atoms with E-state index in [2.05, 4.69) is 21.9 Å². The van der Waals surface area contributed by atoms with Crippen LogP contribution in [0.2, 0.25) is 0 Å². The molecular weight excluding hydrogens is 444 g/mol. The van der Waals surface area contributed by atoms with Gasteiger partial charge in [-0.1, -0.05) is 6.08 Å². The summed E-state index contributed by atoms with van der Waals surface area (Å²) in [6.45, 7) is 3.78. The summed E-state index contributed by atoms with van der Waals surface area (Å²) in [4.78, 5) is 34.4. The minimum atomic E-state index is -4.71. The first-order chi connectivity index (χ1) is 14.0. The molecule has 8 nitrogen and oxygen atoms in total. The Morgan fingerprint density at radius 1 is 1.42 bits per heavy atom. The van der Waals surface area contributed by atoms with Crippen LogP contribution in [0.1, 0.15) is 15.9 Å². The van der Waals surface area contributed by atoms with Crippen LogP contribution < -0.4 is 20.9 Å². The first-order valence-electron chi connectivity index (χ1n) is 8.50. The molecule has 3 amide bonds. The molecule has 0 spiro atoms. The number of nitrogens with one attached hydrogen (secondary N) is 1. The fourth-order valence-electron chi connectivity index (χ4n) is 2.78. The molecule has 1 saturated heterocycles. The quantitative estimate of drug-likeness (QED) is 0.539. The molecular formula is C18H17ClF4N6O2. The number of nitrogens with two attached hydrogens (primary N) is 1. The van der Waals surface area contributed by atoms with Crippen LogP contribution in [0.4, 0.5) is 39.8 Å². The monoisotopic (exact) mass is 460 g/mol. The van der Waals surface area contributed by atoms with Crippen molar-refractivity contribution >= 4 is 41.8 Å². The molecule has 31 heavy (non-hydrogen) atoms. The largest absolute Gasteiger partial charge is 0.416 e. The summed E-state index contributed by atoms with van der Waals surface area (Å²) in [6, 6.07) is 0.900. The third-order valence-electron chi connectivity index (χ3n) is 4.43. The van der Waals surface area contributed by atoms with Crippen molar-refractivity contribution in [3.05, 3.63) is 54.0 Å². The molecule has 3 N–H and O–H groups in total. The van der Waals surface area contributed by atoms with Crippen molar-refractivity contribution in [1.29, 1.82) is 0 Å². The maximum absolute atomic E-state index is 14.1. The van der Waals surface area contributed by atoms with Crippen LogP contribution in [-0.2, 0) is 6.18 Å². The van der Waals surface area contributed by atoms with E-state index >= 15 is 0 Å². The molecule has 1 aromatic carbocycles. The molecule has 13 heteroatoms. The number of carbonyl (C=O) groups excluding carboxylic acids is 2. The van der Waals surface area contributed by atoms with E-state index in [1.54, 1.807) is 0 Å². The SMILES string of the molecule is C=CC1CN(c2ncc(C(=O)N(C)c3cc(C(F)(F)F)ccc3F)c(N)n2)C(=O)N1.Cl. The van der Waals surface area contributed by atoms with Gasteiger partial charge >= 0.3 is 12.2 Å². The highest BCUT2D eigenvalue weighted by Gasteiger charge is 2.33. The number of anilines is 3. The van der Waals surface area contributed by atoms with E-state index < -0.39 is 35.2 Å². The number of alkyl halides is 3. The van der Waals surface area contributed by atoms with Gasteiger partial charge < -0.3 is 16.0 Å². The molecule has 1 aromatic heterocycles. The molecule has 1 atom stereocenters. The number of urea groups is 1. The van der Waals surface area contributed by atoms with E-state index in [9.17, 15) is 27.2 Å². The second-order valence-electron chi connectivity index (χ2n) is 6.40. The zero-order valence-electron chi connectivity index (χ0n) is 16.0. The fourth-order valence-corrected chi connectivity index (χ4v) is 2.78. The third-order valence-corrected chi connectivity index (χ3v) is 4.43. The highest BCUT2D eigenvalue weighted by atomic mass is 35.5. The zero-order chi connectivity index (χ0) is 22.2. The maximum Gasteiger partial charge on any atom is 0.416 e. The van der Waals surface area contributed by atoms with E-state index in [1.165, 1.54) is 11.0 Å². The molecule has 1 aliphatic heterocycles. The van der Waals surface area contributed by atoms with Crippen molar-refractivity contribution in [3.63, 3.8) is 0 Å². The summed E-state index contributed by atoms with van der Waals surface area (Å²) in [7, 11) is 1.09. The summed E-state index contributed by atoms with van der Waals surface area (Å²) < 4.78 is 52.8. The van der Waals surface area contributed by atoms with Crippen LogP contribution in [0.5, 0.6) is 0 Å². The second-order valence-corrected chi connectivity index (χ2v) is 6.40. The van der Waals surface area contributed by atoms with Gasteiger partial charge in [0, 0.05) is 13.2 Å². The van der Waals surface area contributed by atoms with Crippen LogP contribution in [0, 0.1) is 5.82 Å². The van der Waals surface area contributed by atoms with Gasteiger partial charge in [-0.2, -0.15) is 18.2 Å².